The molecule has 2 aliphatic rings. The molecule has 2 heterocycles. The van der Waals surface area contributed by atoms with Crippen molar-refractivity contribution in [2.75, 3.05) is 66.0 Å². The third kappa shape index (κ3) is 3.65. The second-order valence-corrected chi connectivity index (χ2v) is 6.13. The summed E-state index contributed by atoms with van der Waals surface area (Å²) < 4.78 is 0. The topological polar surface area (TPSA) is 21.8 Å². The SMILES string of the molecule is CN1CCN(CC(C)(C)N2CCNCC2)CC1. The molecule has 0 unspecified atom stereocenters. The Morgan fingerprint density at radius 1 is 0.941 bits per heavy atom. The largest absolute Gasteiger partial charge is 0.314 e. The minimum absolute atomic E-state index is 0.317. The van der Waals surface area contributed by atoms with Gasteiger partial charge in [-0.05, 0) is 20.9 Å². The second-order valence-electron chi connectivity index (χ2n) is 6.13. The Labute approximate surface area is 106 Å². The summed E-state index contributed by atoms with van der Waals surface area (Å²) in [6, 6.07) is 0. The highest BCUT2D eigenvalue weighted by Crippen LogP contribution is 2.17. The van der Waals surface area contributed by atoms with Crippen LogP contribution in [-0.4, -0.2) is 86.2 Å². The Kier molecular flexibility index (Phi) is 4.42. The molecule has 17 heavy (non-hydrogen) atoms. The van der Waals surface area contributed by atoms with E-state index in [4.69, 9.17) is 0 Å². The molecule has 0 spiro atoms. The molecule has 0 amide bonds. The van der Waals surface area contributed by atoms with Gasteiger partial charge in [-0.1, -0.05) is 0 Å². The van der Waals surface area contributed by atoms with Gasteiger partial charge in [-0.2, -0.15) is 0 Å². The molecule has 0 aromatic carbocycles. The van der Waals surface area contributed by atoms with Gasteiger partial charge in [0.15, 0.2) is 0 Å². The van der Waals surface area contributed by atoms with Crippen molar-refractivity contribution in [1.29, 1.82) is 0 Å². The first-order chi connectivity index (χ1) is 8.08. The molecule has 4 heteroatoms. The van der Waals surface area contributed by atoms with Crippen molar-refractivity contribution >= 4 is 0 Å². The summed E-state index contributed by atoms with van der Waals surface area (Å²) >= 11 is 0. The minimum Gasteiger partial charge on any atom is -0.314 e. The van der Waals surface area contributed by atoms with Gasteiger partial charge < -0.3 is 10.2 Å². The molecule has 0 bridgehead atoms. The average Bonchev–Trinajstić information content (AvgIpc) is 2.33. The zero-order chi connectivity index (χ0) is 12.3. The molecule has 0 aromatic rings. The Morgan fingerprint density at radius 2 is 1.53 bits per heavy atom. The van der Waals surface area contributed by atoms with Crippen LogP contribution in [0.3, 0.4) is 0 Å². The molecule has 0 radical (unpaired) electrons. The lowest BCUT2D eigenvalue weighted by Crippen LogP contribution is -2.59. The monoisotopic (exact) mass is 240 g/mol. The molecule has 100 valence electrons. The van der Waals surface area contributed by atoms with E-state index < -0.39 is 0 Å². The van der Waals surface area contributed by atoms with Gasteiger partial charge >= 0.3 is 0 Å². The predicted octanol–water partition coefficient (Wildman–Crippen LogP) is -0.0824. The van der Waals surface area contributed by atoms with E-state index in [1.807, 2.05) is 0 Å². The fourth-order valence-electron chi connectivity index (χ4n) is 2.92. The van der Waals surface area contributed by atoms with Crippen LogP contribution in [0, 0.1) is 0 Å². The Hall–Kier alpha value is -0.160. The highest BCUT2D eigenvalue weighted by molar-refractivity contribution is 4.88. The van der Waals surface area contributed by atoms with Crippen LogP contribution in [0.4, 0.5) is 0 Å². The lowest BCUT2D eigenvalue weighted by molar-refractivity contribution is 0.0455. The van der Waals surface area contributed by atoms with Gasteiger partial charge in [0.05, 0.1) is 0 Å². The lowest BCUT2D eigenvalue weighted by atomic mass is 10.0. The van der Waals surface area contributed by atoms with Crippen molar-refractivity contribution < 1.29 is 0 Å². The number of nitrogens with zero attached hydrogens (tertiary/aromatic N) is 3. The van der Waals surface area contributed by atoms with Gasteiger partial charge in [0.1, 0.15) is 0 Å². The third-order valence-electron chi connectivity index (χ3n) is 4.18. The molecule has 2 aliphatic heterocycles. The summed E-state index contributed by atoms with van der Waals surface area (Å²) in [5, 5.41) is 3.43. The number of rotatable bonds is 3. The summed E-state index contributed by atoms with van der Waals surface area (Å²) in [7, 11) is 2.22. The van der Waals surface area contributed by atoms with Crippen molar-refractivity contribution in [2.45, 2.75) is 19.4 Å². The van der Waals surface area contributed by atoms with Crippen molar-refractivity contribution in [3.63, 3.8) is 0 Å². The smallest absolute Gasteiger partial charge is 0.0281 e. The van der Waals surface area contributed by atoms with E-state index in [1.165, 1.54) is 45.8 Å². The van der Waals surface area contributed by atoms with Crippen LogP contribution in [-0.2, 0) is 0 Å². The molecule has 2 saturated heterocycles. The van der Waals surface area contributed by atoms with Crippen LogP contribution in [0.5, 0.6) is 0 Å². The molecule has 0 aliphatic carbocycles. The summed E-state index contributed by atoms with van der Waals surface area (Å²) in [6.45, 7) is 15.6. The van der Waals surface area contributed by atoms with E-state index in [2.05, 4.69) is 40.9 Å². The minimum atomic E-state index is 0.317. The van der Waals surface area contributed by atoms with E-state index in [-0.39, 0.29) is 0 Å². The van der Waals surface area contributed by atoms with Crippen molar-refractivity contribution in [1.82, 2.24) is 20.0 Å². The molecule has 2 fully saturated rings. The number of hydrogen-bond donors (Lipinski definition) is 1. The van der Waals surface area contributed by atoms with Gasteiger partial charge in [-0.25, -0.2) is 0 Å². The Balaban J connectivity index is 1.83. The van der Waals surface area contributed by atoms with Gasteiger partial charge in [-0.3, -0.25) is 9.80 Å². The summed E-state index contributed by atoms with van der Waals surface area (Å²) in [5.74, 6) is 0. The van der Waals surface area contributed by atoms with Crippen LogP contribution in [0.25, 0.3) is 0 Å². The quantitative estimate of drug-likeness (QED) is 0.745. The van der Waals surface area contributed by atoms with Crippen LogP contribution in [0.1, 0.15) is 13.8 Å². The highest BCUT2D eigenvalue weighted by Gasteiger charge is 2.30. The van der Waals surface area contributed by atoms with Gasteiger partial charge in [0.25, 0.3) is 0 Å². The van der Waals surface area contributed by atoms with Crippen molar-refractivity contribution in [2.24, 2.45) is 0 Å². The summed E-state index contributed by atoms with van der Waals surface area (Å²) in [6.07, 6.45) is 0. The predicted molar refractivity (Wildman–Crippen MR) is 72.5 cm³/mol. The van der Waals surface area contributed by atoms with E-state index in [1.54, 1.807) is 0 Å². The molecular weight excluding hydrogens is 212 g/mol. The molecule has 1 N–H and O–H groups in total. The van der Waals surface area contributed by atoms with Crippen LogP contribution < -0.4 is 5.32 Å². The van der Waals surface area contributed by atoms with Crippen LogP contribution >= 0.6 is 0 Å². The molecule has 2 rings (SSSR count). The van der Waals surface area contributed by atoms with Crippen molar-refractivity contribution in [3.8, 4) is 0 Å². The van der Waals surface area contributed by atoms with E-state index >= 15 is 0 Å². The van der Waals surface area contributed by atoms with E-state index in [0.717, 1.165) is 13.1 Å². The van der Waals surface area contributed by atoms with Gasteiger partial charge in [0.2, 0.25) is 0 Å². The zero-order valence-electron chi connectivity index (χ0n) is 11.7. The highest BCUT2D eigenvalue weighted by atomic mass is 15.3. The molecule has 0 atom stereocenters. The number of piperazine rings is 2. The van der Waals surface area contributed by atoms with Crippen LogP contribution in [0.15, 0.2) is 0 Å². The molecular formula is C13H28N4. The zero-order valence-corrected chi connectivity index (χ0v) is 11.7. The first-order valence-electron chi connectivity index (χ1n) is 6.95. The third-order valence-corrected chi connectivity index (χ3v) is 4.18. The second kappa shape index (κ2) is 5.65. The summed E-state index contributed by atoms with van der Waals surface area (Å²) in [5.41, 5.74) is 0.317. The fourth-order valence-corrected chi connectivity index (χ4v) is 2.92. The number of hydrogen-bond acceptors (Lipinski definition) is 4. The molecule has 0 saturated carbocycles. The summed E-state index contributed by atoms with van der Waals surface area (Å²) in [4.78, 5) is 7.69. The number of likely N-dealkylation sites (N-methyl/N-ethyl adjacent to an activating group) is 1. The van der Waals surface area contributed by atoms with Crippen LogP contribution in [0.2, 0.25) is 0 Å². The number of nitrogens with one attached hydrogen (secondary N) is 1. The molecule has 0 aromatic heterocycles. The van der Waals surface area contributed by atoms with E-state index in [9.17, 15) is 0 Å². The first-order valence-corrected chi connectivity index (χ1v) is 6.95. The van der Waals surface area contributed by atoms with Gasteiger partial charge in [0, 0.05) is 64.4 Å². The van der Waals surface area contributed by atoms with E-state index in [0.29, 0.717) is 5.54 Å². The van der Waals surface area contributed by atoms with Gasteiger partial charge in [-0.15, -0.1) is 0 Å². The maximum absolute atomic E-state index is 3.43. The Bertz CT molecular complexity index is 228. The maximum atomic E-state index is 3.43. The average molecular weight is 240 g/mol. The standard InChI is InChI=1S/C13H28N4/c1-13(2,17-6-4-14-5-7-17)12-16-10-8-15(3)9-11-16/h14H,4-12H2,1-3H3. The maximum Gasteiger partial charge on any atom is 0.0281 e. The fraction of sp³-hybridized carbons (Fsp3) is 1.00. The Morgan fingerprint density at radius 3 is 2.12 bits per heavy atom. The normalized spacial score (nSPS) is 26.3. The first kappa shape index (κ1) is 13.3. The molecule has 4 nitrogen and oxygen atoms in total. The lowest BCUT2D eigenvalue weighted by Gasteiger charge is -2.45. The van der Waals surface area contributed by atoms with Crippen molar-refractivity contribution in [3.05, 3.63) is 0 Å².